The fourth-order valence-corrected chi connectivity index (χ4v) is 2.50. The number of likely N-dealkylation sites (tertiary alicyclic amines) is 1. The maximum Gasteiger partial charge on any atom is 0.401 e. The highest BCUT2D eigenvalue weighted by Gasteiger charge is 2.35. The van der Waals surface area contributed by atoms with E-state index in [1.54, 1.807) is 0 Å². The first-order valence-electron chi connectivity index (χ1n) is 6.19. The molecule has 0 aliphatic carbocycles. The Morgan fingerprint density at radius 2 is 2.11 bits per heavy atom. The molecule has 0 aromatic heterocycles. The van der Waals surface area contributed by atoms with Gasteiger partial charge in [-0.15, -0.1) is 0 Å². The lowest BCUT2D eigenvalue weighted by atomic mass is 10.1. The minimum absolute atomic E-state index is 0.0888. The van der Waals surface area contributed by atoms with Crippen LogP contribution in [0.15, 0.2) is 0 Å². The van der Waals surface area contributed by atoms with E-state index in [4.69, 9.17) is 0 Å². The van der Waals surface area contributed by atoms with Gasteiger partial charge in [-0.05, 0) is 25.4 Å². The van der Waals surface area contributed by atoms with Gasteiger partial charge in [0.05, 0.1) is 19.0 Å². The summed E-state index contributed by atoms with van der Waals surface area (Å²) in [6.07, 6.45) is -3.39. The number of amides is 2. The summed E-state index contributed by atoms with van der Waals surface area (Å²) in [6, 6.07) is -0.538. The Balaban J connectivity index is 1.71. The third kappa shape index (κ3) is 4.17. The third-order valence-corrected chi connectivity index (χ3v) is 3.39. The lowest BCUT2D eigenvalue weighted by Crippen LogP contribution is -2.40. The Bertz CT molecular complexity index is 373. The molecule has 0 saturated carbocycles. The van der Waals surface area contributed by atoms with Crippen LogP contribution < -0.4 is 10.6 Å². The molecular formula is C11H16F3N3O2. The molecule has 0 aromatic carbocycles. The van der Waals surface area contributed by atoms with Crippen molar-refractivity contribution in [1.82, 2.24) is 15.5 Å². The second-order valence-electron chi connectivity index (χ2n) is 5.08. The summed E-state index contributed by atoms with van der Waals surface area (Å²) >= 11 is 0. The molecule has 2 N–H and O–H groups in total. The first-order chi connectivity index (χ1) is 8.83. The normalized spacial score (nSPS) is 29.0. The van der Waals surface area contributed by atoms with Gasteiger partial charge >= 0.3 is 6.18 Å². The number of carbonyl (C=O) groups is 2. The van der Waals surface area contributed by atoms with Gasteiger partial charge in [-0.25, -0.2) is 0 Å². The maximum atomic E-state index is 12.2. The van der Waals surface area contributed by atoms with Crippen molar-refractivity contribution in [3.63, 3.8) is 0 Å². The lowest BCUT2D eigenvalue weighted by molar-refractivity contribution is -0.143. The molecule has 2 heterocycles. The average Bonchev–Trinajstić information content (AvgIpc) is 2.80. The molecule has 19 heavy (non-hydrogen) atoms. The second-order valence-corrected chi connectivity index (χ2v) is 5.08. The summed E-state index contributed by atoms with van der Waals surface area (Å²) < 4.78 is 36.6. The average molecular weight is 279 g/mol. The Hall–Kier alpha value is -1.15. The first-order valence-corrected chi connectivity index (χ1v) is 6.19. The second kappa shape index (κ2) is 5.46. The molecular weight excluding hydrogens is 263 g/mol. The zero-order chi connectivity index (χ0) is 14.0. The van der Waals surface area contributed by atoms with Crippen molar-refractivity contribution in [3.05, 3.63) is 0 Å². The van der Waals surface area contributed by atoms with Gasteiger partial charge in [0, 0.05) is 6.54 Å². The summed E-state index contributed by atoms with van der Waals surface area (Å²) in [7, 11) is 0. The zero-order valence-corrected chi connectivity index (χ0v) is 10.3. The van der Waals surface area contributed by atoms with Crippen LogP contribution in [0.4, 0.5) is 13.2 Å². The maximum absolute atomic E-state index is 12.2. The molecule has 2 fully saturated rings. The van der Waals surface area contributed by atoms with Gasteiger partial charge in [-0.2, -0.15) is 13.2 Å². The molecule has 2 atom stereocenters. The SMILES string of the molecule is O=C1CC(NCC2CCN(CC(F)(F)F)C2)C(=O)N1. The van der Waals surface area contributed by atoms with Crippen molar-refractivity contribution in [2.24, 2.45) is 5.92 Å². The summed E-state index contributed by atoms with van der Waals surface area (Å²) in [5.74, 6) is -0.575. The first kappa shape index (κ1) is 14.3. The monoisotopic (exact) mass is 279 g/mol. The lowest BCUT2D eigenvalue weighted by Gasteiger charge is -2.18. The molecule has 2 saturated heterocycles. The predicted molar refractivity (Wildman–Crippen MR) is 60.2 cm³/mol. The number of halogens is 3. The van der Waals surface area contributed by atoms with Gasteiger partial charge in [-0.1, -0.05) is 0 Å². The van der Waals surface area contributed by atoms with Crippen LogP contribution in [-0.2, 0) is 9.59 Å². The summed E-state index contributed by atoms with van der Waals surface area (Å²) in [5, 5.41) is 5.13. The van der Waals surface area contributed by atoms with E-state index in [9.17, 15) is 22.8 Å². The van der Waals surface area contributed by atoms with Crippen LogP contribution in [0.1, 0.15) is 12.8 Å². The number of nitrogens with one attached hydrogen (secondary N) is 2. The molecule has 5 nitrogen and oxygen atoms in total. The van der Waals surface area contributed by atoms with E-state index in [0.29, 0.717) is 26.1 Å². The Morgan fingerprint density at radius 1 is 1.37 bits per heavy atom. The van der Waals surface area contributed by atoms with E-state index >= 15 is 0 Å². The van der Waals surface area contributed by atoms with E-state index in [0.717, 1.165) is 0 Å². The topological polar surface area (TPSA) is 61.4 Å². The van der Waals surface area contributed by atoms with E-state index < -0.39 is 18.8 Å². The summed E-state index contributed by atoms with van der Waals surface area (Å²) in [6.45, 7) is 0.363. The molecule has 2 aliphatic heterocycles. The van der Waals surface area contributed by atoms with Gasteiger partial charge < -0.3 is 5.32 Å². The highest BCUT2D eigenvalue weighted by molar-refractivity contribution is 6.05. The number of imide groups is 1. The molecule has 0 bridgehead atoms. The molecule has 2 unspecified atom stereocenters. The summed E-state index contributed by atoms with van der Waals surface area (Å²) in [4.78, 5) is 23.6. The minimum Gasteiger partial charge on any atom is -0.305 e. The van der Waals surface area contributed by atoms with Crippen LogP contribution in [0.3, 0.4) is 0 Å². The van der Waals surface area contributed by atoms with Crippen molar-refractivity contribution in [2.45, 2.75) is 25.1 Å². The van der Waals surface area contributed by atoms with Crippen molar-refractivity contribution in [2.75, 3.05) is 26.2 Å². The van der Waals surface area contributed by atoms with Crippen molar-refractivity contribution >= 4 is 11.8 Å². The van der Waals surface area contributed by atoms with Gasteiger partial charge in [0.15, 0.2) is 0 Å². The molecule has 108 valence electrons. The summed E-state index contributed by atoms with van der Waals surface area (Å²) in [5.41, 5.74) is 0. The van der Waals surface area contributed by atoms with Gasteiger partial charge in [0.25, 0.3) is 0 Å². The van der Waals surface area contributed by atoms with E-state index in [1.165, 1.54) is 4.90 Å². The molecule has 0 aromatic rings. The molecule has 8 heteroatoms. The fraction of sp³-hybridized carbons (Fsp3) is 0.818. The number of rotatable bonds is 4. The number of alkyl halides is 3. The fourth-order valence-electron chi connectivity index (χ4n) is 2.50. The van der Waals surface area contributed by atoms with Crippen molar-refractivity contribution in [1.29, 1.82) is 0 Å². The number of carbonyl (C=O) groups excluding carboxylic acids is 2. The standard InChI is InChI=1S/C11H16F3N3O2/c12-11(13,14)6-17-2-1-7(5-17)4-15-8-3-9(18)16-10(8)19/h7-8,15H,1-6H2,(H,16,18,19). The quantitative estimate of drug-likeness (QED) is 0.704. The number of hydrogen-bond donors (Lipinski definition) is 2. The zero-order valence-electron chi connectivity index (χ0n) is 10.3. The smallest absolute Gasteiger partial charge is 0.305 e. The van der Waals surface area contributed by atoms with Crippen molar-refractivity contribution in [3.8, 4) is 0 Å². The van der Waals surface area contributed by atoms with E-state index in [1.807, 2.05) is 0 Å². The molecule has 0 spiro atoms. The number of hydrogen-bond acceptors (Lipinski definition) is 4. The van der Waals surface area contributed by atoms with Gasteiger partial charge in [0.1, 0.15) is 0 Å². The molecule has 2 amide bonds. The third-order valence-electron chi connectivity index (χ3n) is 3.39. The van der Waals surface area contributed by atoms with Crippen LogP contribution in [0, 0.1) is 5.92 Å². The van der Waals surface area contributed by atoms with Gasteiger partial charge in [-0.3, -0.25) is 19.8 Å². The highest BCUT2D eigenvalue weighted by atomic mass is 19.4. The van der Waals surface area contributed by atoms with Crippen molar-refractivity contribution < 1.29 is 22.8 Å². The molecule has 2 aliphatic rings. The number of nitrogens with zero attached hydrogens (tertiary/aromatic N) is 1. The Kier molecular flexibility index (Phi) is 4.10. The van der Waals surface area contributed by atoms with Crippen LogP contribution in [0.25, 0.3) is 0 Å². The minimum atomic E-state index is -4.17. The van der Waals surface area contributed by atoms with Gasteiger partial charge in [0.2, 0.25) is 11.8 Å². The molecule has 0 radical (unpaired) electrons. The highest BCUT2D eigenvalue weighted by Crippen LogP contribution is 2.22. The van der Waals surface area contributed by atoms with Crippen LogP contribution in [-0.4, -0.2) is 55.1 Å². The Labute approximate surface area is 108 Å². The largest absolute Gasteiger partial charge is 0.401 e. The van der Waals surface area contributed by atoms with E-state index in [2.05, 4.69) is 10.6 Å². The van der Waals surface area contributed by atoms with Crippen LogP contribution >= 0.6 is 0 Å². The Morgan fingerprint density at radius 3 is 2.68 bits per heavy atom. The van der Waals surface area contributed by atoms with Crippen LogP contribution in [0.2, 0.25) is 0 Å². The van der Waals surface area contributed by atoms with Crippen LogP contribution in [0.5, 0.6) is 0 Å². The van der Waals surface area contributed by atoms with E-state index in [-0.39, 0.29) is 24.2 Å². The predicted octanol–water partition coefficient (Wildman–Crippen LogP) is -0.125. The molecule has 2 rings (SSSR count).